The van der Waals surface area contributed by atoms with E-state index in [1.165, 1.54) is 39.2 Å². The van der Waals surface area contributed by atoms with Gasteiger partial charge in [-0.1, -0.05) is 64.1 Å². The Hall–Kier alpha value is -3.25. The number of allylic oxidation sites excluding steroid dienone is 3. The smallest absolute Gasteiger partial charge is 0.223 e. The average molecular weight is 1030 g/mol. The molecule has 1 aromatic carbocycles. The molecule has 0 bridgehead atoms. The van der Waals surface area contributed by atoms with Crippen molar-refractivity contribution in [2.24, 2.45) is 5.92 Å². The first-order chi connectivity index (χ1) is 33.6. The van der Waals surface area contributed by atoms with Crippen molar-refractivity contribution in [3.63, 3.8) is 0 Å². The molecule has 14 atom stereocenters. The number of nitrogens with one attached hydrogen (secondary N) is 3. The van der Waals surface area contributed by atoms with E-state index in [2.05, 4.69) is 40.0 Å². The second-order valence-electron chi connectivity index (χ2n) is 18.1. The SMILES string of the molecule is C#C/C=C\C#C[C@H](OC1CC(O)[C@H](NOC2CC[C@H](SC(=O)c3c(C)c(C)c(OC4C[C@H](OC)C(O)[C@H](C)O4)c(OC)c3OC)C(C)O2)C(C)O1)C1=C(NC)C(=O)CC(C)/C1=C/CSSC1CCNC1. The third-order valence-corrected chi connectivity index (χ3v) is 17.5. The lowest BCUT2D eigenvalue weighted by Crippen LogP contribution is -2.56. The fourth-order valence-corrected chi connectivity index (χ4v) is 13.0. The number of carbonyl (C=O) groups excluding carboxylic acids is 2. The highest BCUT2D eigenvalue weighted by Crippen LogP contribution is 2.48. The third-order valence-electron chi connectivity index (χ3n) is 13.4. The van der Waals surface area contributed by atoms with Gasteiger partial charge in [-0.2, -0.15) is 5.48 Å². The van der Waals surface area contributed by atoms with Crippen molar-refractivity contribution < 1.29 is 62.5 Å². The molecule has 70 heavy (non-hydrogen) atoms. The van der Waals surface area contributed by atoms with E-state index in [0.717, 1.165) is 30.8 Å². The molecule has 19 heteroatoms. The number of terminal acetylenes is 1. The number of likely N-dealkylation sites (N-methyl/N-ethyl adjacent to an activating group) is 1. The number of hydroxylamine groups is 1. The summed E-state index contributed by atoms with van der Waals surface area (Å²) in [4.78, 5) is 33.7. The molecule has 0 spiro atoms. The molecule has 4 heterocycles. The number of hydrogen-bond acceptors (Lipinski definition) is 19. The van der Waals surface area contributed by atoms with Crippen molar-refractivity contribution >= 4 is 44.2 Å². The van der Waals surface area contributed by atoms with Gasteiger partial charge < -0.3 is 58.7 Å². The zero-order valence-corrected chi connectivity index (χ0v) is 44.3. The molecule has 1 aromatic rings. The van der Waals surface area contributed by atoms with Crippen LogP contribution < -0.4 is 30.3 Å². The minimum atomic E-state index is -0.951. The summed E-state index contributed by atoms with van der Waals surface area (Å²) < 4.78 is 48.7. The number of benzene rings is 1. The molecule has 0 aromatic heterocycles. The number of Topliss-reactive ketones (excluding diaryl/α,β-unsaturated/α-hetero) is 1. The van der Waals surface area contributed by atoms with Gasteiger partial charge in [0.2, 0.25) is 17.2 Å². The Morgan fingerprint density at radius 3 is 2.34 bits per heavy atom. The largest absolute Gasteiger partial charge is 0.492 e. The van der Waals surface area contributed by atoms with Crippen LogP contribution in [0.25, 0.3) is 0 Å². The Morgan fingerprint density at radius 1 is 0.943 bits per heavy atom. The van der Waals surface area contributed by atoms with Crippen molar-refractivity contribution in [1.82, 2.24) is 16.1 Å². The number of hydrogen-bond donors (Lipinski definition) is 5. The number of carbonyl (C=O) groups is 2. The van der Waals surface area contributed by atoms with Gasteiger partial charge in [-0.05, 0) is 88.8 Å². The Kier molecular flexibility index (Phi) is 21.3. The van der Waals surface area contributed by atoms with Crippen LogP contribution in [-0.4, -0.2) is 146 Å². The molecule has 9 unspecified atom stereocenters. The van der Waals surface area contributed by atoms with Gasteiger partial charge in [-0.15, -0.1) is 6.42 Å². The van der Waals surface area contributed by atoms with Gasteiger partial charge in [0, 0.05) is 68.2 Å². The van der Waals surface area contributed by atoms with E-state index in [1.807, 2.05) is 45.4 Å². The third kappa shape index (κ3) is 13.7. The molecule has 5 N–H and O–H groups in total. The molecule has 5 aliphatic rings. The van der Waals surface area contributed by atoms with Crippen molar-refractivity contribution in [3.05, 3.63) is 51.8 Å². The lowest BCUT2D eigenvalue weighted by Gasteiger charge is -2.41. The van der Waals surface area contributed by atoms with E-state index in [0.29, 0.717) is 58.2 Å². The van der Waals surface area contributed by atoms with Crippen LogP contribution in [0.3, 0.4) is 0 Å². The molecule has 0 saturated carbocycles. The van der Waals surface area contributed by atoms with E-state index in [9.17, 15) is 19.8 Å². The summed E-state index contributed by atoms with van der Waals surface area (Å²) in [6, 6.07) is -0.638. The summed E-state index contributed by atoms with van der Waals surface area (Å²) in [5, 5.41) is 28.7. The van der Waals surface area contributed by atoms with Crippen LogP contribution in [-0.2, 0) is 33.3 Å². The summed E-state index contributed by atoms with van der Waals surface area (Å²) in [7, 11) is 9.90. The molecular weight excluding hydrogens is 959 g/mol. The van der Waals surface area contributed by atoms with E-state index >= 15 is 0 Å². The predicted octanol–water partition coefficient (Wildman–Crippen LogP) is 5.69. The summed E-state index contributed by atoms with van der Waals surface area (Å²) in [6.45, 7) is 13.2. The summed E-state index contributed by atoms with van der Waals surface area (Å²) in [5.74, 6) is 10.2. The molecule has 1 aliphatic carbocycles. The zero-order valence-electron chi connectivity index (χ0n) is 41.9. The van der Waals surface area contributed by atoms with Crippen molar-refractivity contribution in [3.8, 4) is 41.4 Å². The molecule has 4 saturated heterocycles. The van der Waals surface area contributed by atoms with Gasteiger partial charge in [0.15, 0.2) is 29.9 Å². The number of aliphatic hydroxyl groups is 2. The standard InChI is InChI=1S/C51H71N3O13S3/c1-12-13-14-15-16-37(44-34(27(2)23-35(55)46(44)52-8)20-22-68-70-33-19-21-53-26-33)65-41-24-36(56)45(31(6)63-41)54-67-40-18-17-39(30(5)62-40)69-51(58)43-28(3)29(4)48(50(61-11)49(43)60-10)66-42-25-38(59-9)47(57)32(7)64-42/h1,13-14,20,27,30-33,36-42,45,47,52-54,56-57H,17-19,21-26H2,2-11H3/b14-13-,34-20-/t27?,30?,31?,32-,33?,36?,37-,38-,39-,40?,41?,42?,45+,47?/m0/s1. The second kappa shape index (κ2) is 26.6. The van der Waals surface area contributed by atoms with Crippen LogP contribution in [0, 0.1) is 44.0 Å². The Morgan fingerprint density at radius 2 is 1.69 bits per heavy atom. The predicted molar refractivity (Wildman–Crippen MR) is 273 cm³/mol. The maximum atomic E-state index is 14.2. The van der Waals surface area contributed by atoms with Gasteiger partial charge in [0.1, 0.15) is 12.2 Å². The minimum Gasteiger partial charge on any atom is -0.492 e. The first-order valence-electron chi connectivity index (χ1n) is 24.0. The van der Waals surface area contributed by atoms with Crippen LogP contribution in [0.15, 0.2) is 35.1 Å². The maximum absolute atomic E-state index is 14.2. The summed E-state index contributed by atoms with van der Waals surface area (Å²) in [6.07, 6.45) is 6.74. The first-order valence-corrected chi connectivity index (χ1v) is 27.2. The number of thioether (sulfide) groups is 1. The molecule has 4 fully saturated rings. The highest BCUT2D eigenvalue weighted by molar-refractivity contribution is 8.77. The second-order valence-corrected chi connectivity index (χ2v) is 22.0. The monoisotopic (exact) mass is 1030 g/mol. The molecule has 6 rings (SSSR count). The van der Waals surface area contributed by atoms with Crippen molar-refractivity contribution in [1.29, 1.82) is 0 Å². The molecular formula is C51H71N3O13S3. The average Bonchev–Trinajstić information content (AvgIpc) is 3.86. The first kappa shape index (κ1) is 56.1. The van der Waals surface area contributed by atoms with Crippen molar-refractivity contribution in [2.75, 3.05) is 47.2 Å². The minimum absolute atomic E-state index is 0.0289. The van der Waals surface area contributed by atoms with Crippen LogP contribution in [0.5, 0.6) is 17.2 Å². The molecule has 16 nitrogen and oxygen atoms in total. The highest BCUT2D eigenvalue weighted by atomic mass is 33.1. The fraction of sp³-hybridized carbons (Fsp3) is 0.647. The van der Waals surface area contributed by atoms with Crippen LogP contribution >= 0.6 is 33.3 Å². The van der Waals surface area contributed by atoms with Gasteiger partial charge in [0.25, 0.3) is 0 Å². The van der Waals surface area contributed by atoms with Gasteiger partial charge >= 0.3 is 0 Å². The summed E-state index contributed by atoms with van der Waals surface area (Å²) >= 11 is 1.17. The number of rotatable bonds is 18. The van der Waals surface area contributed by atoms with Crippen LogP contribution in [0.2, 0.25) is 0 Å². The van der Waals surface area contributed by atoms with Crippen LogP contribution in [0.4, 0.5) is 0 Å². The topological polar surface area (TPSA) is 194 Å². The number of methoxy groups -OCH3 is 3. The Bertz CT molecular complexity index is 2170. The van der Waals surface area contributed by atoms with Gasteiger partial charge in [0.05, 0.1) is 62.0 Å². The van der Waals surface area contributed by atoms with Crippen LogP contribution in [0.1, 0.15) is 87.7 Å². The van der Waals surface area contributed by atoms with Crippen molar-refractivity contribution in [2.45, 2.75) is 158 Å². The fourth-order valence-electron chi connectivity index (χ4n) is 9.38. The van der Waals surface area contributed by atoms with E-state index in [4.69, 9.17) is 49.2 Å². The van der Waals surface area contributed by atoms with Gasteiger partial charge in [-0.3, -0.25) is 14.4 Å². The molecule has 386 valence electrons. The summed E-state index contributed by atoms with van der Waals surface area (Å²) in [5.41, 5.74) is 6.82. The van der Waals surface area contributed by atoms with E-state index in [1.54, 1.807) is 30.8 Å². The van der Waals surface area contributed by atoms with Gasteiger partial charge in [-0.25, -0.2) is 0 Å². The highest BCUT2D eigenvalue weighted by Gasteiger charge is 2.42. The normalized spacial score (nSPS) is 32.6. The Balaban J connectivity index is 1.07. The quantitative estimate of drug-likeness (QED) is 0.0521. The zero-order chi connectivity index (χ0) is 50.6. The number of ether oxygens (including phenoxy) is 8. The molecule has 4 aliphatic heterocycles. The Labute approximate surface area is 425 Å². The lowest BCUT2D eigenvalue weighted by atomic mass is 9.79. The van der Waals surface area contributed by atoms with E-state index < -0.39 is 61.5 Å². The maximum Gasteiger partial charge on any atom is 0.223 e. The van der Waals surface area contributed by atoms with E-state index in [-0.39, 0.29) is 52.5 Å². The molecule has 0 amide bonds. The molecule has 0 radical (unpaired) electrons. The lowest BCUT2D eigenvalue weighted by molar-refractivity contribution is -0.266. The number of ketones is 1. The number of aliphatic hydroxyl groups excluding tert-OH is 2.